The van der Waals surface area contributed by atoms with Crippen molar-refractivity contribution in [1.82, 2.24) is 9.88 Å². The van der Waals surface area contributed by atoms with Crippen LogP contribution in [-0.2, 0) is 4.79 Å². The van der Waals surface area contributed by atoms with Gasteiger partial charge >= 0.3 is 12.0 Å². The molecule has 19 heavy (non-hydrogen) atoms. The van der Waals surface area contributed by atoms with Crippen LogP contribution in [0.2, 0.25) is 5.02 Å². The summed E-state index contributed by atoms with van der Waals surface area (Å²) in [5, 5.41) is 11.9. The van der Waals surface area contributed by atoms with E-state index in [1.165, 1.54) is 25.1 Å². The van der Waals surface area contributed by atoms with E-state index in [1.807, 2.05) is 0 Å². The van der Waals surface area contributed by atoms with Gasteiger partial charge in [0.25, 0.3) is 0 Å². The van der Waals surface area contributed by atoms with Gasteiger partial charge in [-0.25, -0.2) is 9.78 Å². The Labute approximate surface area is 116 Å². The van der Waals surface area contributed by atoms with Crippen LogP contribution in [0.5, 0.6) is 0 Å². The molecule has 2 amide bonds. The van der Waals surface area contributed by atoms with Crippen LogP contribution in [0, 0.1) is 12.8 Å². The second-order valence-electron chi connectivity index (χ2n) is 4.37. The lowest BCUT2D eigenvalue weighted by atomic mass is 10.2. The third-order valence-electron chi connectivity index (χ3n) is 2.59. The number of pyridine rings is 1. The van der Waals surface area contributed by atoms with Crippen molar-refractivity contribution in [2.45, 2.75) is 13.8 Å². The van der Waals surface area contributed by atoms with Crippen LogP contribution in [0.4, 0.5) is 10.6 Å². The van der Waals surface area contributed by atoms with Crippen molar-refractivity contribution < 1.29 is 14.7 Å². The lowest BCUT2D eigenvalue weighted by Gasteiger charge is -2.20. The number of nitrogens with zero attached hydrogens (tertiary/aromatic N) is 2. The van der Waals surface area contributed by atoms with Gasteiger partial charge in [0, 0.05) is 19.8 Å². The van der Waals surface area contributed by atoms with Crippen LogP contribution in [0.25, 0.3) is 0 Å². The molecule has 1 rings (SSSR count). The minimum absolute atomic E-state index is 0.119. The molecule has 0 spiro atoms. The van der Waals surface area contributed by atoms with Crippen LogP contribution in [-0.4, -0.2) is 40.6 Å². The third kappa shape index (κ3) is 4.40. The molecule has 0 bridgehead atoms. The number of hydrogen-bond donors (Lipinski definition) is 2. The highest BCUT2D eigenvalue weighted by Gasteiger charge is 2.18. The highest BCUT2D eigenvalue weighted by molar-refractivity contribution is 6.30. The molecule has 104 valence electrons. The molecule has 0 radical (unpaired) electrons. The molecule has 7 heteroatoms. The Morgan fingerprint density at radius 3 is 2.74 bits per heavy atom. The number of carbonyl (C=O) groups is 2. The zero-order valence-corrected chi connectivity index (χ0v) is 11.7. The topological polar surface area (TPSA) is 82.5 Å². The molecule has 0 aliphatic heterocycles. The summed E-state index contributed by atoms with van der Waals surface area (Å²) < 4.78 is 0. The first-order valence-electron chi connectivity index (χ1n) is 5.68. The lowest BCUT2D eigenvalue weighted by Crippen LogP contribution is -2.37. The van der Waals surface area contributed by atoms with Crippen molar-refractivity contribution in [2.24, 2.45) is 5.92 Å². The van der Waals surface area contributed by atoms with E-state index >= 15 is 0 Å². The van der Waals surface area contributed by atoms with Gasteiger partial charge in [0.1, 0.15) is 5.82 Å². The summed E-state index contributed by atoms with van der Waals surface area (Å²) >= 11 is 5.77. The largest absolute Gasteiger partial charge is 0.481 e. The summed E-state index contributed by atoms with van der Waals surface area (Å²) in [5.74, 6) is -1.17. The van der Waals surface area contributed by atoms with Gasteiger partial charge in [0.15, 0.2) is 0 Å². The molecule has 0 saturated heterocycles. The number of amides is 2. The Morgan fingerprint density at radius 2 is 2.21 bits per heavy atom. The number of aromatic nitrogens is 1. The van der Waals surface area contributed by atoms with Gasteiger partial charge in [-0.2, -0.15) is 0 Å². The SMILES string of the molecule is Cc1cc(Cl)cnc1NC(=O)N(C)CC(C)C(=O)O. The first-order valence-corrected chi connectivity index (χ1v) is 6.06. The number of aryl methyl sites for hydroxylation is 1. The number of carbonyl (C=O) groups excluding carboxylic acids is 1. The van der Waals surface area contributed by atoms with Crippen LogP contribution in [0.15, 0.2) is 12.3 Å². The van der Waals surface area contributed by atoms with E-state index in [0.29, 0.717) is 10.8 Å². The van der Waals surface area contributed by atoms with Crippen LogP contribution < -0.4 is 5.32 Å². The summed E-state index contributed by atoms with van der Waals surface area (Å²) in [6.45, 7) is 3.43. The number of carboxylic acids is 1. The molecule has 0 aliphatic carbocycles. The molecule has 2 N–H and O–H groups in total. The first-order chi connectivity index (χ1) is 8.81. The van der Waals surface area contributed by atoms with Gasteiger partial charge in [-0.1, -0.05) is 18.5 Å². The number of anilines is 1. The highest BCUT2D eigenvalue weighted by atomic mass is 35.5. The summed E-state index contributed by atoms with van der Waals surface area (Å²) in [5.41, 5.74) is 0.737. The van der Waals surface area contributed by atoms with Gasteiger partial charge in [-0.05, 0) is 18.6 Å². The zero-order chi connectivity index (χ0) is 14.6. The summed E-state index contributed by atoms with van der Waals surface area (Å²) in [4.78, 5) is 27.9. The monoisotopic (exact) mass is 285 g/mol. The maximum absolute atomic E-state index is 11.9. The van der Waals surface area contributed by atoms with Gasteiger partial charge in [0.05, 0.1) is 10.9 Å². The van der Waals surface area contributed by atoms with Gasteiger partial charge in [-0.3, -0.25) is 10.1 Å². The maximum Gasteiger partial charge on any atom is 0.322 e. The van der Waals surface area contributed by atoms with Gasteiger partial charge < -0.3 is 10.0 Å². The van der Waals surface area contributed by atoms with E-state index in [4.69, 9.17) is 16.7 Å². The Morgan fingerprint density at radius 1 is 1.58 bits per heavy atom. The van der Waals surface area contributed by atoms with Gasteiger partial charge in [-0.15, -0.1) is 0 Å². The molecule has 1 aromatic heterocycles. The summed E-state index contributed by atoms with van der Waals surface area (Å²) in [6.07, 6.45) is 1.43. The summed E-state index contributed by atoms with van der Waals surface area (Å²) in [6, 6.07) is 1.27. The van der Waals surface area contributed by atoms with E-state index in [-0.39, 0.29) is 6.54 Å². The van der Waals surface area contributed by atoms with E-state index in [9.17, 15) is 9.59 Å². The Kier molecular flexibility index (Phi) is 5.11. The van der Waals surface area contributed by atoms with Crippen molar-refractivity contribution >= 4 is 29.4 Å². The molecule has 1 aromatic rings. The average molecular weight is 286 g/mol. The van der Waals surface area contributed by atoms with Crippen LogP contribution >= 0.6 is 11.6 Å². The van der Waals surface area contributed by atoms with E-state index in [1.54, 1.807) is 13.0 Å². The number of halogens is 1. The standard InChI is InChI=1S/C12H16ClN3O3/c1-7-4-9(13)5-14-10(7)15-12(19)16(3)6-8(2)11(17)18/h4-5,8H,6H2,1-3H3,(H,17,18)(H,14,15,19). The number of nitrogens with one attached hydrogen (secondary N) is 1. The Balaban J connectivity index is 2.66. The number of hydrogen-bond acceptors (Lipinski definition) is 3. The molecular weight excluding hydrogens is 270 g/mol. The predicted octanol–water partition coefficient (Wildman–Crippen LogP) is 2.23. The first kappa shape index (κ1) is 15.2. The van der Waals surface area contributed by atoms with Crippen LogP contribution in [0.1, 0.15) is 12.5 Å². The van der Waals surface area contributed by atoms with E-state index in [0.717, 1.165) is 5.56 Å². The quantitative estimate of drug-likeness (QED) is 0.889. The van der Waals surface area contributed by atoms with Crippen molar-refractivity contribution in [3.05, 3.63) is 22.8 Å². The maximum atomic E-state index is 11.9. The van der Waals surface area contributed by atoms with E-state index in [2.05, 4.69) is 10.3 Å². The molecule has 0 fully saturated rings. The van der Waals surface area contributed by atoms with E-state index < -0.39 is 17.9 Å². The highest BCUT2D eigenvalue weighted by Crippen LogP contribution is 2.16. The lowest BCUT2D eigenvalue weighted by molar-refractivity contribution is -0.141. The molecule has 0 aromatic carbocycles. The van der Waals surface area contributed by atoms with Crippen molar-refractivity contribution in [3.63, 3.8) is 0 Å². The number of aliphatic carboxylic acids is 1. The van der Waals surface area contributed by atoms with Crippen molar-refractivity contribution in [2.75, 3.05) is 18.9 Å². The fourth-order valence-electron chi connectivity index (χ4n) is 1.44. The predicted molar refractivity (Wildman–Crippen MR) is 72.4 cm³/mol. The van der Waals surface area contributed by atoms with Gasteiger partial charge in [0.2, 0.25) is 0 Å². The Hall–Kier alpha value is -1.82. The Bertz CT molecular complexity index is 493. The number of urea groups is 1. The van der Waals surface area contributed by atoms with Crippen LogP contribution in [0.3, 0.4) is 0 Å². The normalized spacial score (nSPS) is 11.8. The van der Waals surface area contributed by atoms with Crippen molar-refractivity contribution in [1.29, 1.82) is 0 Å². The number of carboxylic acid groups (broad SMARTS) is 1. The fraction of sp³-hybridized carbons (Fsp3) is 0.417. The molecule has 1 atom stereocenters. The smallest absolute Gasteiger partial charge is 0.322 e. The average Bonchev–Trinajstić information content (AvgIpc) is 2.32. The third-order valence-corrected chi connectivity index (χ3v) is 2.79. The molecule has 6 nitrogen and oxygen atoms in total. The second-order valence-corrected chi connectivity index (χ2v) is 4.81. The second kappa shape index (κ2) is 6.38. The van der Waals surface area contributed by atoms with Crippen molar-refractivity contribution in [3.8, 4) is 0 Å². The minimum atomic E-state index is -0.944. The molecule has 1 heterocycles. The number of rotatable bonds is 4. The molecule has 1 unspecified atom stereocenters. The summed E-state index contributed by atoms with van der Waals surface area (Å²) in [7, 11) is 1.53. The molecule has 0 saturated carbocycles. The molecule has 0 aliphatic rings. The zero-order valence-electron chi connectivity index (χ0n) is 11.0. The fourth-order valence-corrected chi connectivity index (χ4v) is 1.65. The molecular formula is C12H16ClN3O3. The minimum Gasteiger partial charge on any atom is -0.481 e.